The van der Waals surface area contributed by atoms with Gasteiger partial charge in [0.2, 0.25) is 18.4 Å². The third-order valence-electron chi connectivity index (χ3n) is 8.17. The summed E-state index contributed by atoms with van der Waals surface area (Å²) in [4.78, 5) is 57.4. The number of hydrogen-bond acceptors (Lipinski definition) is 9. The van der Waals surface area contributed by atoms with E-state index in [9.17, 15) is 19.2 Å². The summed E-state index contributed by atoms with van der Waals surface area (Å²) in [5.41, 5.74) is 3.01. The number of hydrogen-bond donors (Lipinski definition) is 1. The molecule has 0 saturated heterocycles. The van der Waals surface area contributed by atoms with Crippen LogP contribution in [0.25, 0.3) is 0 Å². The maximum absolute atomic E-state index is 14.5. The molecule has 6 rings (SSSR count). The molecule has 0 aromatic heterocycles. The third kappa shape index (κ3) is 6.07. The zero-order valence-electron chi connectivity index (χ0n) is 26.8. The Balaban J connectivity index is 1.46. The van der Waals surface area contributed by atoms with Gasteiger partial charge in [-0.1, -0.05) is 42.0 Å². The summed E-state index contributed by atoms with van der Waals surface area (Å²) in [6.07, 6.45) is 0. The molecule has 246 valence electrons. The number of amides is 3. The van der Waals surface area contributed by atoms with Gasteiger partial charge in [0, 0.05) is 18.3 Å². The zero-order chi connectivity index (χ0) is 33.9. The summed E-state index contributed by atoms with van der Waals surface area (Å²) in [6.45, 7) is 1.48. The molecule has 0 radical (unpaired) electrons. The van der Waals surface area contributed by atoms with Crippen LogP contribution in [0.1, 0.15) is 33.1 Å². The van der Waals surface area contributed by atoms with Crippen LogP contribution in [0.5, 0.6) is 28.7 Å². The Kier molecular flexibility index (Phi) is 8.89. The molecule has 4 aromatic carbocycles. The monoisotopic (exact) mass is 651 g/mol. The first-order valence-electron chi connectivity index (χ1n) is 15.0. The van der Waals surface area contributed by atoms with Gasteiger partial charge in [0.25, 0.3) is 17.6 Å². The van der Waals surface area contributed by atoms with Gasteiger partial charge >= 0.3 is 0 Å². The van der Waals surface area contributed by atoms with Crippen molar-refractivity contribution in [2.75, 3.05) is 44.9 Å². The van der Waals surface area contributed by atoms with Crippen molar-refractivity contribution in [1.29, 1.82) is 0 Å². The number of methoxy groups -OCH3 is 3. The quantitative estimate of drug-likeness (QED) is 0.230. The number of para-hydroxylation sites is 1. The minimum atomic E-state index is -1.29. The van der Waals surface area contributed by atoms with Gasteiger partial charge in [-0.25, -0.2) is 0 Å². The highest BCUT2D eigenvalue weighted by molar-refractivity contribution is 6.52. The fourth-order valence-corrected chi connectivity index (χ4v) is 5.76. The maximum atomic E-state index is 14.5. The Morgan fingerprint density at radius 2 is 1.56 bits per heavy atom. The summed E-state index contributed by atoms with van der Waals surface area (Å²) < 4.78 is 27.6. The van der Waals surface area contributed by atoms with E-state index in [0.717, 1.165) is 16.0 Å². The maximum Gasteiger partial charge on any atom is 0.299 e. The molecule has 0 fully saturated rings. The highest BCUT2D eigenvalue weighted by atomic mass is 16.7. The zero-order valence-corrected chi connectivity index (χ0v) is 26.8. The first kappa shape index (κ1) is 31.9. The second kappa shape index (κ2) is 13.4. The summed E-state index contributed by atoms with van der Waals surface area (Å²) >= 11 is 0. The number of Topliss-reactive ketones (excluding diaryl/α,β-unsaturated/α-hetero) is 1. The number of benzene rings is 4. The number of ether oxygens (including phenoxy) is 5. The van der Waals surface area contributed by atoms with E-state index in [-0.39, 0.29) is 30.4 Å². The van der Waals surface area contributed by atoms with Gasteiger partial charge in [-0.05, 0) is 54.4 Å². The molecule has 2 heterocycles. The fourth-order valence-electron chi connectivity index (χ4n) is 5.76. The normalized spacial score (nSPS) is 13.5. The predicted octanol–water partition coefficient (Wildman–Crippen LogP) is 4.69. The number of nitrogens with one attached hydrogen (secondary N) is 1. The van der Waals surface area contributed by atoms with E-state index in [1.165, 1.54) is 26.2 Å². The lowest BCUT2D eigenvalue weighted by molar-refractivity contribution is -0.139. The molecule has 1 atom stereocenters. The number of aryl methyl sites for hydroxylation is 1. The summed E-state index contributed by atoms with van der Waals surface area (Å²) in [7, 11) is 4.36. The average Bonchev–Trinajstić information content (AvgIpc) is 3.66. The molecule has 48 heavy (non-hydrogen) atoms. The number of fused-ring (bicyclic) bond motifs is 2. The van der Waals surface area contributed by atoms with Crippen LogP contribution in [0.4, 0.5) is 11.4 Å². The molecule has 0 saturated carbocycles. The van der Waals surface area contributed by atoms with Crippen LogP contribution in [0, 0.1) is 6.92 Å². The van der Waals surface area contributed by atoms with E-state index in [0.29, 0.717) is 34.2 Å². The number of nitrogens with zero attached hydrogens (tertiary/aromatic N) is 2. The number of anilines is 2. The molecule has 12 nitrogen and oxygen atoms in total. The van der Waals surface area contributed by atoms with Crippen molar-refractivity contribution < 1.29 is 42.9 Å². The van der Waals surface area contributed by atoms with Crippen LogP contribution in [-0.2, 0) is 20.9 Å². The molecule has 0 aliphatic carbocycles. The lowest BCUT2D eigenvalue weighted by atomic mass is 10.0. The highest BCUT2D eigenvalue weighted by Crippen LogP contribution is 2.42. The molecular formula is C36H33N3O9. The Morgan fingerprint density at radius 3 is 2.25 bits per heavy atom. The SMILES string of the molecule is COc1cc(C(C(=O)Nc2ccc3c(c2)OCO3)N(Cc2ccc(C)cc2)C(=O)CN2C(=O)C(=O)c3ccccc32)cc(OC)c1OC. The van der Waals surface area contributed by atoms with E-state index in [1.807, 2.05) is 31.2 Å². The van der Waals surface area contributed by atoms with Crippen molar-refractivity contribution >= 4 is 34.9 Å². The van der Waals surface area contributed by atoms with Crippen molar-refractivity contribution in [2.45, 2.75) is 19.5 Å². The number of ketones is 1. The number of carbonyl (C=O) groups excluding carboxylic acids is 4. The van der Waals surface area contributed by atoms with Gasteiger partial charge in [-0.2, -0.15) is 0 Å². The highest BCUT2D eigenvalue weighted by Gasteiger charge is 2.40. The molecule has 3 amide bonds. The molecule has 1 N–H and O–H groups in total. The Labute approximate surface area is 276 Å². The third-order valence-corrected chi connectivity index (χ3v) is 8.17. The molecule has 0 spiro atoms. The number of rotatable bonds is 11. The molecule has 0 bridgehead atoms. The number of carbonyl (C=O) groups is 4. The molecule has 4 aromatic rings. The summed E-state index contributed by atoms with van der Waals surface area (Å²) in [5, 5.41) is 2.91. The smallest absolute Gasteiger partial charge is 0.299 e. The molecular weight excluding hydrogens is 618 g/mol. The van der Waals surface area contributed by atoms with Gasteiger partial charge < -0.3 is 33.9 Å². The van der Waals surface area contributed by atoms with Crippen molar-refractivity contribution in [2.24, 2.45) is 0 Å². The van der Waals surface area contributed by atoms with Crippen molar-refractivity contribution in [3.63, 3.8) is 0 Å². The van der Waals surface area contributed by atoms with E-state index >= 15 is 0 Å². The van der Waals surface area contributed by atoms with Crippen LogP contribution >= 0.6 is 0 Å². The Hall–Kier alpha value is -6.04. The second-order valence-corrected chi connectivity index (χ2v) is 11.2. The van der Waals surface area contributed by atoms with E-state index in [4.69, 9.17) is 23.7 Å². The first-order chi connectivity index (χ1) is 23.2. The van der Waals surface area contributed by atoms with E-state index < -0.39 is 36.1 Å². The van der Waals surface area contributed by atoms with Crippen molar-refractivity contribution in [3.05, 3.63) is 101 Å². The topological polar surface area (TPSA) is 133 Å². The van der Waals surface area contributed by atoms with Gasteiger partial charge in [-0.3, -0.25) is 24.1 Å². The summed E-state index contributed by atoms with van der Waals surface area (Å²) in [6, 6.07) is 20.9. The van der Waals surface area contributed by atoms with Crippen molar-refractivity contribution in [3.8, 4) is 28.7 Å². The average molecular weight is 652 g/mol. The molecule has 2 aliphatic heterocycles. The summed E-state index contributed by atoms with van der Waals surface area (Å²) in [5.74, 6) is -0.863. The minimum absolute atomic E-state index is 0.0212. The van der Waals surface area contributed by atoms with Crippen LogP contribution < -0.4 is 33.9 Å². The lowest BCUT2D eigenvalue weighted by Crippen LogP contribution is -2.46. The standard InChI is InChI=1S/C36H33N3O9/c1-21-9-11-22(12-10-21)18-39(31(40)19-38-26-8-6-5-7-25(26)33(41)36(38)43)32(23-15-29(44-2)34(46-4)30(16-23)45-3)35(42)37-24-13-14-27-28(17-24)48-20-47-27/h5-17,32H,18-20H2,1-4H3,(H,37,42). The van der Waals surface area contributed by atoms with E-state index in [2.05, 4.69) is 5.32 Å². The molecule has 1 unspecified atom stereocenters. The Bertz CT molecular complexity index is 1880. The van der Waals surface area contributed by atoms with Crippen LogP contribution in [0.3, 0.4) is 0 Å². The minimum Gasteiger partial charge on any atom is -0.493 e. The fraction of sp³-hybridized carbons (Fsp3) is 0.222. The molecule has 2 aliphatic rings. The van der Waals surface area contributed by atoms with Crippen LogP contribution in [0.2, 0.25) is 0 Å². The Morgan fingerprint density at radius 1 is 0.875 bits per heavy atom. The second-order valence-electron chi connectivity index (χ2n) is 11.2. The van der Waals surface area contributed by atoms with Gasteiger partial charge in [-0.15, -0.1) is 0 Å². The van der Waals surface area contributed by atoms with Gasteiger partial charge in [0.1, 0.15) is 12.6 Å². The predicted molar refractivity (Wildman–Crippen MR) is 175 cm³/mol. The lowest BCUT2D eigenvalue weighted by Gasteiger charge is -2.33. The van der Waals surface area contributed by atoms with Gasteiger partial charge in [0.05, 0.1) is 32.6 Å². The van der Waals surface area contributed by atoms with Gasteiger partial charge in [0.15, 0.2) is 23.0 Å². The van der Waals surface area contributed by atoms with Crippen LogP contribution in [0.15, 0.2) is 78.9 Å². The van der Waals surface area contributed by atoms with Crippen molar-refractivity contribution in [1.82, 2.24) is 4.90 Å². The molecule has 12 heteroatoms. The first-order valence-corrected chi connectivity index (χ1v) is 15.0. The van der Waals surface area contributed by atoms with Crippen LogP contribution in [-0.4, -0.2) is 63.1 Å². The van der Waals surface area contributed by atoms with E-state index in [1.54, 1.807) is 54.6 Å². The largest absolute Gasteiger partial charge is 0.493 e.